The van der Waals surface area contributed by atoms with E-state index in [2.05, 4.69) is 0 Å². The lowest BCUT2D eigenvalue weighted by Gasteiger charge is -2.14. The van der Waals surface area contributed by atoms with Crippen molar-refractivity contribution in [3.63, 3.8) is 0 Å². The van der Waals surface area contributed by atoms with Crippen molar-refractivity contribution in [2.45, 2.75) is 13.0 Å². The highest BCUT2D eigenvalue weighted by Gasteiger charge is 2.09. The molecule has 0 bridgehead atoms. The third-order valence-electron chi connectivity index (χ3n) is 2.82. The first-order valence-electron chi connectivity index (χ1n) is 6.58. The monoisotopic (exact) mass is 273 g/mol. The van der Waals surface area contributed by atoms with Gasteiger partial charge in [-0.1, -0.05) is 18.2 Å². The molecule has 0 aliphatic heterocycles. The molecule has 0 aliphatic rings. The third kappa shape index (κ3) is 3.90. The lowest BCUT2D eigenvalue weighted by molar-refractivity contribution is 0.108. The van der Waals surface area contributed by atoms with Crippen LogP contribution in [0, 0.1) is 0 Å². The minimum absolute atomic E-state index is 0.166. The standard InChI is InChI=1S/C16H19NO3/c1-2-19-14-7-4-8-15(10-14)20-11-16(18)12-5-3-6-13(17)9-12/h3-10,16,18H,2,11,17H2,1H3. The number of anilines is 1. The molecule has 3 N–H and O–H groups in total. The van der Waals surface area contributed by atoms with Crippen LogP contribution in [0.25, 0.3) is 0 Å². The summed E-state index contributed by atoms with van der Waals surface area (Å²) in [6.07, 6.45) is -0.714. The maximum Gasteiger partial charge on any atom is 0.123 e. The molecule has 0 spiro atoms. The fraction of sp³-hybridized carbons (Fsp3) is 0.250. The zero-order valence-electron chi connectivity index (χ0n) is 11.5. The fourth-order valence-corrected chi connectivity index (χ4v) is 1.86. The largest absolute Gasteiger partial charge is 0.494 e. The first-order valence-corrected chi connectivity index (χ1v) is 6.58. The highest BCUT2D eigenvalue weighted by atomic mass is 16.5. The Morgan fingerprint density at radius 3 is 2.45 bits per heavy atom. The predicted molar refractivity (Wildman–Crippen MR) is 78.9 cm³/mol. The van der Waals surface area contributed by atoms with Crippen molar-refractivity contribution in [2.75, 3.05) is 18.9 Å². The Bertz CT molecular complexity index is 557. The van der Waals surface area contributed by atoms with Crippen molar-refractivity contribution >= 4 is 5.69 Å². The molecule has 2 rings (SSSR count). The van der Waals surface area contributed by atoms with Crippen LogP contribution in [0.2, 0.25) is 0 Å². The average Bonchev–Trinajstić information content (AvgIpc) is 2.45. The number of hydrogen-bond donors (Lipinski definition) is 2. The maximum atomic E-state index is 10.1. The predicted octanol–water partition coefficient (Wildman–Crippen LogP) is 2.78. The van der Waals surface area contributed by atoms with Gasteiger partial charge in [0.05, 0.1) is 6.61 Å². The molecule has 2 aromatic rings. The summed E-state index contributed by atoms with van der Waals surface area (Å²) in [5.74, 6) is 1.42. The molecule has 20 heavy (non-hydrogen) atoms. The van der Waals surface area contributed by atoms with Gasteiger partial charge in [0.1, 0.15) is 24.2 Å². The second kappa shape index (κ2) is 6.82. The number of ether oxygens (including phenoxy) is 2. The Kier molecular flexibility index (Phi) is 4.85. The number of aliphatic hydroxyl groups excluding tert-OH is 1. The molecular formula is C16H19NO3. The van der Waals surface area contributed by atoms with Gasteiger partial charge in [-0.05, 0) is 36.8 Å². The lowest BCUT2D eigenvalue weighted by atomic mass is 10.1. The Morgan fingerprint density at radius 1 is 1.05 bits per heavy atom. The van der Waals surface area contributed by atoms with Gasteiger partial charge in [0.2, 0.25) is 0 Å². The molecule has 1 unspecified atom stereocenters. The molecule has 0 saturated carbocycles. The van der Waals surface area contributed by atoms with E-state index in [1.165, 1.54) is 0 Å². The van der Waals surface area contributed by atoms with Crippen molar-refractivity contribution in [2.24, 2.45) is 0 Å². The van der Waals surface area contributed by atoms with Gasteiger partial charge >= 0.3 is 0 Å². The number of benzene rings is 2. The van der Waals surface area contributed by atoms with Gasteiger partial charge in [-0.3, -0.25) is 0 Å². The molecule has 0 fully saturated rings. The van der Waals surface area contributed by atoms with E-state index in [0.717, 1.165) is 11.3 Å². The summed E-state index contributed by atoms with van der Waals surface area (Å²) < 4.78 is 11.0. The van der Waals surface area contributed by atoms with E-state index in [1.54, 1.807) is 18.2 Å². The van der Waals surface area contributed by atoms with Gasteiger partial charge in [0.25, 0.3) is 0 Å². The van der Waals surface area contributed by atoms with Crippen molar-refractivity contribution in [1.82, 2.24) is 0 Å². The molecule has 0 heterocycles. The van der Waals surface area contributed by atoms with E-state index in [4.69, 9.17) is 15.2 Å². The maximum absolute atomic E-state index is 10.1. The van der Waals surface area contributed by atoms with Crippen LogP contribution < -0.4 is 15.2 Å². The van der Waals surface area contributed by atoms with Crippen LogP contribution in [0.4, 0.5) is 5.69 Å². The molecule has 2 aromatic carbocycles. The Labute approximate surface area is 118 Å². The SMILES string of the molecule is CCOc1cccc(OCC(O)c2cccc(N)c2)c1. The number of rotatable bonds is 6. The van der Waals surface area contributed by atoms with Crippen LogP contribution in [0.1, 0.15) is 18.6 Å². The van der Waals surface area contributed by atoms with Crippen molar-refractivity contribution in [3.05, 3.63) is 54.1 Å². The van der Waals surface area contributed by atoms with Gasteiger partial charge < -0.3 is 20.3 Å². The molecule has 106 valence electrons. The van der Waals surface area contributed by atoms with E-state index in [0.29, 0.717) is 18.0 Å². The van der Waals surface area contributed by atoms with Crippen molar-refractivity contribution < 1.29 is 14.6 Å². The third-order valence-corrected chi connectivity index (χ3v) is 2.82. The summed E-state index contributed by atoms with van der Waals surface area (Å²) in [5.41, 5.74) is 7.05. The molecule has 4 nitrogen and oxygen atoms in total. The quantitative estimate of drug-likeness (QED) is 0.794. The van der Waals surface area contributed by atoms with Crippen LogP contribution in [0.5, 0.6) is 11.5 Å². The van der Waals surface area contributed by atoms with Gasteiger partial charge in [0, 0.05) is 11.8 Å². The van der Waals surface area contributed by atoms with Crippen molar-refractivity contribution in [3.8, 4) is 11.5 Å². The molecule has 0 aromatic heterocycles. The minimum Gasteiger partial charge on any atom is -0.494 e. The van der Waals surface area contributed by atoms with Gasteiger partial charge in [-0.25, -0.2) is 0 Å². The summed E-state index contributed by atoms with van der Waals surface area (Å²) in [6, 6.07) is 14.5. The fourth-order valence-electron chi connectivity index (χ4n) is 1.86. The highest BCUT2D eigenvalue weighted by molar-refractivity contribution is 5.41. The van der Waals surface area contributed by atoms with Gasteiger partial charge in [0.15, 0.2) is 0 Å². The minimum atomic E-state index is -0.714. The second-order valence-corrected chi connectivity index (χ2v) is 4.40. The van der Waals surface area contributed by atoms with Gasteiger partial charge in [-0.15, -0.1) is 0 Å². The number of nitrogens with two attached hydrogens (primary N) is 1. The molecule has 0 aliphatic carbocycles. The smallest absolute Gasteiger partial charge is 0.123 e. The molecule has 1 atom stereocenters. The number of aliphatic hydroxyl groups is 1. The molecule has 0 radical (unpaired) electrons. The molecule has 4 heteroatoms. The highest BCUT2D eigenvalue weighted by Crippen LogP contribution is 2.22. The second-order valence-electron chi connectivity index (χ2n) is 4.40. The zero-order valence-corrected chi connectivity index (χ0v) is 11.5. The molecule has 0 saturated heterocycles. The van der Waals surface area contributed by atoms with Crippen molar-refractivity contribution in [1.29, 1.82) is 0 Å². The van der Waals surface area contributed by atoms with E-state index in [-0.39, 0.29) is 6.61 Å². The Hall–Kier alpha value is -2.20. The van der Waals surface area contributed by atoms with E-state index in [1.807, 2.05) is 37.3 Å². The summed E-state index contributed by atoms with van der Waals surface area (Å²) in [4.78, 5) is 0. The van der Waals surface area contributed by atoms with Gasteiger partial charge in [-0.2, -0.15) is 0 Å². The normalized spacial score (nSPS) is 11.9. The topological polar surface area (TPSA) is 64.7 Å². The summed E-state index contributed by atoms with van der Waals surface area (Å²) in [6.45, 7) is 2.70. The summed E-state index contributed by atoms with van der Waals surface area (Å²) >= 11 is 0. The average molecular weight is 273 g/mol. The molecule has 0 amide bonds. The van der Waals surface area contributed by atoms with Crippen LogP contribution in [0.15, 0.2) is 48.5 Å². The van der Waals surface area contributed by atoms with Crippen LogP contribution >= 0.6 is 0 Å². The lowest BCUT2D eigenvalue weighted by Crippen LogP contribution is -2.10. The van der Waals surface area contributed by atoms with Crippen LogP contribution in [-0.2, 0) is 0 Å². The Balaban J connectivity index is 1.96. The molecular weight excluding hydrogens is 254 g/mol. The first kappa shape index (κ1) is 14.2. The van der Waals surface area contributed by atoms with E-state index in [9.17, 15) is 5.11 Å². The summed E-state index contributed by atoms with van der Waals surface area (Å²) in [5, 5.41) is 10.1. The van der Waals surface area contributed by atoms with Crippen LogP contribution in [0.3, 0.4) is 0 Å². The first-order chi connectivity index (χ1) is 9.69. The summed E-state index contributed by atoms with van der Waals surface area (Å²) in [7, 11) is 0. The van der Waals surface area contributed by atoms with E-state index < -0.39 is 6.10 Å². The van der Waals surface area contributed by atoms with Crippen LogP contribution in [-0.4, -0.2) is 18.3 Å². The number of hydrogen-bond acceptors (Lipinski definition) is 4. The number of nitrogen functional groups attached to an aromatic ring is 1. The van der Waals surface area contributed by atoms with E-state index >= 15 is 0 Å². The Morgan fingerprint density at radius 2 is 1.75 bits per heavy atom. The zero-order chi connectivity index (χ0) is 14.4.